The largest absolute Gasteiger partial charge is 0.481 e. The molecule has 2 N–H and O–H groups in total. The summed E-state index contributed by atoms with van der Waals surface area (Å²) in [5.74, 6) is -0.795. The monoisotopic (exact) mass is 286 g/mol. The van der Waals surface area contributed by atoms with Gasteiger partial charge in [-0.1, -0.05) is 0 Å². The summed E-state index contributed by atoms with van der Waals surface area (Å²) < 4.78 is 5.28. The number of hydrogen-bond acceptors (Lipinski definition) is 4. The maximum Gasteiger partial charge on any atom is 0.320 e. The zero-order valence-electron chi connectivity index (χ0n) is 11.5. The van der Waals surface area contributed by atoms with E-state index in [4.69, 9.17) is 9.84 Å². The number of likely N-dealkylation sites (tertiary alicyclic amines) is 1. The van der Waals surface area contributed by atoms with Crippen LogP contribution in [0, 0.1) is 5.92 Å². The van der Waals surface area contributed by atoms with Gasteiger partial charge < -0.3 is 24.7 Å². The number of carbonyl (C=O) groups excluding carboxylic acids is 1. The van der Waals surface area contributed by atoms with E-state index in [1.807, 2.05) is 0 Å². The second-order valence-corrected chi connectivity index (χ2v) is 5.44. The van der Waals surface area contributed by atoms with Crippen molar-refractivity contribution < 1.29 is 24.5 Å². The predicted molar refractivity (Wildman–Crippen MR) is 70.3 cm³/mol. The minimum Gasteiger partial charge on any atom is -0.481 e. The van der Waals surface area contributed by atoms with Crippen LogP contribution in [0.5, 0.6) is 0 Å². The van der Waals surface area contributed by atoms with Crippen molar-refractivity contribution in [2.75, 3.05) is 39.5 Å². The van der Waals surface area contributed by atoms with Crippen molar-refractivity contribution >= 4 is 12.0 Å². The Hall–Kier alpha value is -1.34. The fourth-order valence-corrected chi connectivity index (χ4v) is 2.85. The molecule has 0 radical (unpaired) electrons. The number of rotatable bonds is 3. The SMILES string of the molecule is O=C(O)CC1COCCN1C(=O)N1CCCC(CO)C1. The first-order chi connectivity index (χ1) is 9.61. The highest BCUT2D eigenvalue weighted by atomic mass is 16.5. The number of morpholine rings is 1. The maximum atomic E-state index is 12.5. The van der Waals surface area contributed by atoms with Crippen LogP contribution in [0.3, 0.4) is 0 Å². The van der Waals surface area contributed by atoms with Crippen LogP contribution >= 0.6 is 0 Å². The van der Waals surface area contributed by atoms with Crippen LogP contribution in [0.4, 0.5) is 4.79 Å². The Morgan fingerprint density at radius 2 is 2.10 bits per heavy atom. The van der Waals surface area contributed by atoms with Gasteiger partial charge in [0.1, 0.15) is 0 Å². The van der Waals surface area contributed by atoms with Crippen molar-refractivity contribution in [3.05, 3.63) is 0 Å². The number of amides is 2. The van der Waals surface area contributed by atoms with Crippen LogP contribution in [0.2, 0.25) is 0 Å². The fraction of sp³-hybridized carbons (Fsp3) is 0.846. The Morgan fingerprint density at radius 3 is 2.80 bits per heavy atom. The molecule has 7 nitrogen and oxygen atoms in total. The molecule has 0 aliphatic carbocycles. The number of nitrogens with zero attached hydrogens (tertiary/aromatic N) is 2. The van der Waals surface area contributed by atoms with Crippen molar-refractivity contribution in [1.82, 2.24) is 9.80 Å². The standard InChI is InChI=1S/C13H22N2O5/c16-8-10-2-1-3-14(7-10)13(19)15-4-5-20-9-11(15)6-12(17)18/h10-11,16H,1-9H2,(H,17,18). The number of hydrogen-bond donors (Lipinski definition) is 2. The van der Waals surface area contributed by atoms with Crippen molar-refractivity contribution in [2.24, 2.45) is 5.92 Å². The average Bonchev–Trinajstić information content (AvgIpc) is 2.46. The summed E-state index contributed by atoms with van der Waals surface area (Å²) in [5, 5.41) is 18.1. The Bertz CT molecular complexity index is 363. The lowest BCUT2D eigenvalue weighted by Crippen LogP contribution is -2.56. The second kappa shape index (κ2) is 6.90. The average molecular weight is 286 g/mol. The van der Waals surface area contributed by atoms with Gasteiger partial charge in [-0.2, -0.15) is 0 Å². The molecule has 0 aromatic rings. The van der Waals surface area contributed by atoms with Crippen molar-refractivity contribution in [1.29, 1.82) is 0 Å². The third-order valence-electron chi connectivity index (χ3n) is 3.93. The van der Waals surface area contributed by atoms with Crippen LogP contribution in [0.25, 0.3) is 0 Å². The lowest BCUT2D eigenvalue weighted by Gasteiger charge is -2.40. The lowest BCUT2D eigenvalue weighted by molar-refractivity contribution is -0.139. The van der Waals surface area contributed by atoms with Crippen LogP contribution in [0.15, 0.2) is 0 Å². The Balaban J connectivity index is 1.99. The molecule has 2 unspecified atom stereocenters. The summed E-state index contributed by atoms with van der Waals surface area (Å²) in [6, 6.07) is -0.527. The highest BCUT2D eigenvalue weighted by Crippen LogP contribution is 2.20. The first kappa shape index (κ1) is 15.1. The molecule has 114 valence electrons. The molecule has 0 spiro atoms. The Kier molecular flexibility index (Phi) is 5.19. The second-order valence-electron chi connectivity index (χ2n) is 5.44. The highest BCUT2D eigenvalue weighted by molar-refractivity contribution is 5.76. The molecule has 0 aromatic heterocycles. The van der Waals surface area contributed by atoms with Gasteiger partial charge in [0, 0.05) is 26.2 Å². The number of carbonyl (C=O) groups is 2. The third kappa shape index (κ3) is 3.61. The molecule has 0 aromatic carbocycles. The molecule has 0 saturated carbocycles. The molecule has 2 heterocycles. The van der Waals surface area contributed by atoms with E-state index in [1.54, 1.807) is 9.80 Å². The maximum absolute atomic E-state index is 12.5. The number of carboxylic acids is 1. The van der Waals surface area contributed by atoms with E-state index in [-0.39, 0.29) is 31.6 Å². The van der Waals surface area contributed by atoms with Crippen molar-refractivity contribution in [2.45, 2.75) is 25.3 Å². The van der Waals surface area contributed by atoms with E-state index >= 15 is 0 Å². The van der Waals surface area contributed by atoms with E-state index in [0.717, 1.165) is 12.8 Å². The minimum absolute atomic E-state index is 0.0887. The summed E-state index contributed by atoms with van der Waals surface area (Å²) >= 11 is 0. The van der Waals surface area contributed by atoms with Gasteiger partial charge in [-0.05, 0) is 18.8 Å². The first-order valence-corrected chi connectivity index (χ1v) is 7.07. The molecule has 2 saturated heterocycles. The number of aliphatic hydroxyl groups is 1. The number of piperidine rings is 1. The predicted octanol–water partition coefficient (Wildman–Crippen LogP) is -0.0138. The minimum atomic E-state index is -0.926. The zero-order chi connectivity index (χ0) is 14.5. The third-order valence-corrected chi connectivity index (χ3v) is 3.93. The Labute approximate surface area is 118 Å². The number of ether oxygens (including phenoxy) is 1. The molecule has 0 bridgehead atoms. The van der Waals surface area contributed by atoms with Crippen molar-refractivity contribution in [3.63, 3.8) is 0 Å². The van der Waals surface area contributed by atoms with Gasteiger partial charge in [0.05, 0.1) is 25.7 Å². The van der Waals surface area contributed by atoms with Crippen LogP contribution in [-0.2, 0) is 9.53 Å². The van der Waals surface area contributed by atoms with E-state index in [9.17, 15) is 14.7 Å². The molecule has 2 aliphatic rings. The fourth-order valence-electron chi connectivity index (χ4n) is 2.85. The zero-order valence-corrected chi connectivity index (χ0v) is 11.5. The van der Waals surface area contributed by atoms with Crippen LogP contribution in [0.1, 0.15) is 19.3 Å². The molecule has 2 amide bonds. The number of urea groups is 1. The van der Waals surface area contributed by atoms with Gasteiger partial charge in [-0.3, -0.25) is 4.79 Å². The quantitative estimate of drug-likeness (QED) is 0.761. The van der Waals surface area contributed by atoms with Gasteiger partial charge >= 0.3 is 12.0 Å². The molecule has 2 rings (SSSR count). The molecule has 7 heteroatoms. The van der Waals surface area contributed by atoms with E-state index in [0.29, 0.717) is 26.2 Å². The molecular formula is C13H22N2O5. The molecule has 20 heavy (non-hydrogen) atoms. The van der Waals surface area contributed by atoms with Gasteiger partial charge in [0.25, 0.3) is 0 Å². The summed E-state index contributed by atoms with van der Waals surface area (Å²) in [6.07, 6.45) is 1.72. The summed E-state index contributed by atoms with van der Waals surface area (Å²) in [6.45, 7) is 2.45. The van der Waals surface area contributed by atoms with E-state index in [2.05, 4.69) is 0 Å². The summed E-state index contributed by atoms with van der Waals surface area (Å²) in [4.78, 5) is 26.7. The van der Waals surface area contributed by atoms with E-state index in [1.165, 1.54) is 0 Å². The van der Waals surface area contributed by atoms with Gasteiger partial charge in [-0.15, -0.1) is 0 Å². The Morgan fingerprint density at radius 1 is 1.30 bits per heavy atom. The van der Waals surface area contributed by atoms with Crippen LogP contribution in [-0.4, -0.2) is 77.5 Å². The highest BCUT2D eigenvalue weighted by Gasteiger charge is 2.33. The summed E-state index contributed by atoms with van der Waals surface area (Å²) in [5.41, 5.74) is 0. The summed E-state index contributed by atoms with van der Waals surface area (Å²) in [7, 11) is 0. The number of aliphatic hydroxyl groups excluding tert-OH is 1. The van der Waals surface area contributed by atoms with Gasteiger partial charge in [0.2, 0.25) is 0 Å². The normalized spacial score (nSPS) is 27.4. The van der Waals surface area contributed by atoms with E-state index < -0.39 is 12.0 Å². The first-order valence-electron chi connectivity index (χ1n) is 7.07. The molecule has 2 fully saturated rings. The van der Waals surface area contributed by atoms with Crippen LogP contribution < -0.4 is 0 Å². The van der Waals surface area contributed by atoms with Gasteiger partial charge in [0.15, 0.2) is 0 Å². The topological polar surface area (TPSA) is 90.3 Å². The molecule has 2 atom stereocenters. The lowest BCUT2D eigenvalue weighted by atomic mass is 9.99. The molecule has 2 aliphatic heterocycles. The van der Waals surface area contributed by atoms with Crippen molar-refractivity contribution in [3.8, 4) is 0 Å². The number of aliphatic carboxylic acids is 1. The number of carboxylic acid groups (broad SMARTS) is 1. The molecular weight excluding hydrogens is 264 g/mol. The van der Waals surface area contributed by atoms with Gasteiger partial charge in [-0.25, -0.2) is 4.79 Å². The smallest absolute Gasteiger partial charge is 0.320 e.